The van der Waals surface area contributed by atoms with Gasteiger partial charge in [-0.2, -0.15) is 5.26 Å². The molecule has 0 unspecified atom stereocenters. The summed E-state index contributed by atoms with van der Waals surface area (Å²) in [5, 5.41) is 8.98. The van der Waals surface area contributed by atoms with Crippen molar-refractivity contribution in [1.82, 2.24) is 4.90 Å². The Labute approximate surface area is 198 Å². The third kappa shape index (κ3) is 5.35. The van der Waals surface area contributed by atoms with Gasteiger partial charge in [-0.25, -0.2) is 12.8 Å². The quantitative estimate of drug-likeness (QED) is 0.601. The molecule has 0 atom stereocenters. The Morgan fingerprint density at radius 2 is 1.68 bits per heavy atom. The fraction of sp³-hybridized carbons (Fsp3) is 0.200. The molecule has 34 heavy (non-hydrogen) atoms. The minimum atomic E-state index is -3.95. The lowest BCUT2D eigenvalue weighted by Crippen LogP contribution is -2.35. The number of amides is 1. The minimum absolute atomic E-state index is 0.0447. The van der Waals surface area contributed by atoms with Gasteiger partial charge in [0.25, 0.3) is 15.9 Å². The van der Waals surface area contributed by atoms with Crippen LogP contribution in [0.25, 0.3) is 0 Å². The molecule has 0 spiro atoms. The summed E-state index contributed by atoms with van der Waals surface area (Å²) in [5.74, 6) is -0.703. The molecule has 1 fully saturated rings. The zero-order valence-electron chi connectivity index (χ0n) is 18.3. The van der Waals surface area contributed by atoms with E-state index in [1.807, 2.05) is 12.1 Å². The topological polar surface area (TPSA) is 93.5 Å². The molecule has 4 rings (SSSR count). The maximum absolute atomic E-state index is 13.2. The number of carbonyl (C=O) groups is 1. The molecule has 1 aliphatic rings. The van der Waals surface area contributed by atoms with E-state index in [1.165, 1.54) is 30.3 Å². The number of sulfonamides is 1. The van der Waals surface area contributed by atoms with Crippen molar-refractivity contribution >= 4 is 27.3 Å². The normalized spacial score (nSPS) is 14.2. The lowest BCUT2D eigenvalue weighted by Gasteiger charge is -2.24. The standard InChI is InChI=1S/C25H23FN4O3S/c26-21-7-9-22(10-8-21)28-34(32,33)24-4-1-3-20(17-24)25(31)30-14-2-13-29(15-16-30)23-11-5-19(18-27)6-12-23/h1,3-12,17,28H,2,13-16H2. The van der Waals surface area contributed by atoms with E-state index < -0.39 is 15.8 Å². The van der Waals surface area contributed by atoms with Crippen molar-refractivity contribution in [2.45, 2.75) is 11.3 Å². The summed E-state index contributed by atoms with van der Waals surface area (Å²) in [6.07, 6.45) is 0.760. The molecule has 3 aromatic carbocycles. The molecule has 1 saturated heterocycles. The SMILES string of the molecule is N#Cc1ccc(N2CCCN(C(=O)c3cccc(S(=O)(=O)Nc4ccc(F)cc4)c3)CC2)cc1. The second-order valence-electron chi connectivity index (χ2n) is 7.93. The van der Waals surface area contributed by atoms with Gasteiger partial charge in [0, 0.05) is 43.1 Å². The van der Waals surface area contributed by atoms with Gasteiger partial charge in [0.05, 0.1) is 16.5 Å². The van der Waals surface area contributed by atoms with Gasteiger partial charge in [-0.15, -0.1) is 0 Å². The number of carbonyl (C=O) groups excluding carboxylic acids is 1. The number of rotatable bonds is 5. The number of nitrogens with one attached hydrogen (secondary N) is 1. The highest BCUT2D eigenvalue weighted by molar-refractivity contribution is 7.92. The number of anilines is 2. The Morgan fingerprint density at radius 3 is 2.38 bits per heavy atom. The molecule has 0 aliphatic carbocycles. The van der Waals surface area contributed by atoms with Gasteiger partial charge in [-0.05, 0) is 73.2 Å². The third-order valence-corrected chi connectivity index (χ3v) is 7.01. The number of hydrogen-bond acceptors (Lipinski definition) is 5. The van der Waals surface area contributed by atoms with Crippen LogP contribution in [-0.4, -0.2) is 45.4 Å². The van der Waals surface area contributed by atoms with E-state index in [2.05, 4.69) is 15.7 Å². The van der Waals surface area contributed by atoms with Crippen LogP contribution in [0.5, 0.6) is 0 Å². The highest BCUT2D eigenvalue weighted by atomic mass is 32.2. The fourth-order valence-corrected chi connectivity index (χ4v) is 4.94. The number of nitrogens with zero attached hydrogens (tertiary/aromatic N) is 3. The molecular weight excluding hydrogens is 455 g/mol. The van der Waals surface area contributed by atoms with Crippen molar-refractivity contribution in [1.29, 1.82) is 5.26 Å². The summed E-state index contributed by atoms with van der Waals surface area (Å²) >= 11 is 0. The summed E-state index contributed by atoms with van der Waals surface area (Å²) in [6.45, 7) is 2.44. The van der Waals surface area contributed by atoms with Crippen LogP contribution in [0.3, 0.4) is 0 Å². The lowest BCUT2D eigenvalue weighted by molar-refractivity contribution is 0.0766. The van der Waals surface area contributed by atoms with Crippen molar-refractivity contribution in [3.63, 3.8) is 0 Å². The third-order valence-electron chi connectivity index (χ3n) is 5.63. The second-order valence-corrected chi connectivity index (χ2v) is 9.61. The van der Waals surface area contributed by atoms with Gasteiger partial charge < -0.3 is 9.80 Å². The van der Waals surface area contributed by atoms with Crippen molar-refractivity contribution < 1.29 is 17.6 Å². The van der Waals surface area contributed by atoms with Crippen LogP contribution in [-0.2, 0) is 10.0 Å². The molecule has 0 bridgehead atoms. The Bertz CT molecular complexity index is 1320. The molecule has 0 aromatic heterocycles. The van der Waals surface area contributed by atoms with Crippen molar-refractivity contribution in [2.24, 2.45) is 0 Å². The van der Waals surface area contributed by atoms with Gasteiger partial charge in [-0.1, -0.05) is 6.07 Å². The van der Waals surface area contributed by atoms with Crippen molar-refractivity contribution in [3.05, 3.63) is 89.7 Å². The van der Waals surface area contributed by atoms with Crippen LogP contribution in [0.1, 0.15) is 22.3 Å². The molecular formula is C25H23FN4O3S. The summed E-state index contributed by atoms with van der Waals surface area (Å²) in [5.41, 5.74) is 2.11. The average Bonchev–Trinajstić information content (AvgIpc) is 3.11. The van der Waals surface area contributed by atoms with E-state index in [-0.39, 0.29) is 22.1 Å². The molecule has 1 aliphatic heterocycles. The average molecular weight is 479 g/mol. The Morgan fingerprint density at radius 1 is 0.941 bits per heavy atom. The van der Waals surface area contributed by atoms with Crippen LogP contribution in [0, 0.1) is 17.1 Å². The Kier molecular flexibility index (Phi) is 6.80. The summed E-state index contributed by atoms with van der Waals surface area (Å²) in [4.78, 5) is 17.0. The Hall–Kier alpha value is -3.90. The summed E-state index contributed by atoms with van der Waals surface area (Å²) in [7, 11) is -3.95. The van der Waals surface area contributed by atoms with E-state index in [4.69, 9.17) is 5.26 Å². The van der Waals surface area contributed by atoms with Crippen LogP contribution in [0.15, 0.2) is 77.7 Å². The molecule has 0 radical (unpaired) electrons. The molecule has 1 heterocycles. The molecule has 9 heteroatoms. The summed E-state index contributed by atoms with van der Waals surface area (Å²) < 4.78 is 41.1. The molecule has 174 valence electrons. The maximum Gasteiger partial charge on any atom is 0.261 e. The zero-order chi connectivity index (χ0) is 24.1. The predicted octanol–water partition coefficient (Wildman–Crippen LogP) is 3.85. The van der Waals surface area contributed by atoms with Gasteiger partial charge in [0.15, 0.2) is 0 Å². The maximum atomic E-state index is 13.2. The zero-order valence-corrected chi connectivity index (χ0v) is 19.1. The number of nitriles is 1. The van der Waals surface area contributed by atoms with Gasteiger partial charge in [0.2, 0.25) is 0 Å². The predicted molar refractivity (Wildman–Crippen MR) is 128 cm³/mol. The smallest absolute Gasteiger partial charge is 0.261 e. The van der Waals surface area contributed by atoms with Gasteiger partial charge in [0.1, 0.15) is 5.82 Å². The number of halogens is 1. The first-order valence-corrected chi connectivity index (χ1v) is 12.3. The largest absolute Gasteiger partial charge is 0.370 e. The van der Waals surface area contributed by atoms with E-state index in [0.717, 1.165) is 30.8 Å². The fourth-order valence-electron chi connectivity index (χ4n) is 3.84. The van der Waals surface area contributed by atoms with Crippen LogP contribution in [0.4, 0.5) is 15.8 Å². The number of benzene rings is 3. The molecule has 0 saturated carbocycles. The van der Waals surface area contributed by atoms with E-state index in [9.17, 15) is 17.6 Å². The molecule has 1 amide bonds. The van der Waals surface area contributed by atoms with Crippen molar-refractivity contribution in [2.75, 3.05) is 35.8 Å². The molecule has 7 nitrogen and oxygen atoms in total. The highest BCUT2D eigenvalue weighted by Crippen LogP contribution is 2.21. The lowest BCUT2D eigenvalue weighted by atomic mass is 10.2. The van der Waals surface area contributed by atoms with E-state index in [0.29, 0.717) is 25.2 Å². The highest BCUT2D eigenvalue weighted by Gasteiger charge is 2.22. The first-order valence-electron chi connectivity index (χ1n) is 10.8. The van der Waals surface area contributed by atoms with Crippen LogP contribution in [0.2, 0.25) is 0 Å². The van der Waals surface area contributed by atoms with E-state index in [1.54, 1.807) is 23.1 Å². The monoisotopic (exact) mass is 478 g/mol. The summed E-state index contributed by atoms with van der Waals surface area (Å²) in [6, 6.07) is 20.4. The first kappa shape index (κ1) is 23.3. The Balaban J connectivity index is 1.46. The van der Waals surface area contributed by atoms with Gasteiger partial charge >= 0.3 is 0 Å². The van der Waals surface area contributed by atoms with Crippen LogP contribution >= 0.6 is 0 Å². The van der Waals surface area contributed by atoms with Crippen molar-refractivity contribution in [3.8, 4) is 6.07 Å². The first-order chi connectivity index (χ1) is 16.4. The minimum Gasteiger partial charge on any atom is -0.370 e. The van der Waals surface area contributed by atoms with E-state index >= 15 is 0 Å². The van der Waals surface area contributed by atoms with Gasteiger partial charge in [-0.3, -0.25) is 9.52 Å². The molecule has 1 N–H and O–H groups in total. The second kappa shape index (κ2) is 9.93. The number of hydrogen-bond donors (Lipinski definition) is 1. The molecule has 3 aromatic rings. The van der Waals surface area contributed by atoms with Crippen LogP contribution < -0.4 is 9.62 Å².